The van der Waals surface area contributed by atoms with Crippen molar-refractivity contribution in [2.24, 2.45) is 0 Å². The summed E-state index contributed by atoms with van der Waals surface area (Å²) in [5, 5.41) is 5.43. The summed E-state index contributed by atoms with van der Waals surface area (Å²) in [5.74, 6) is -0.624. The van der Waals surface area contributed by atoms with Crippen LogP contribution in [0, 0.1) is 0 Å². The number of anilines is 1. The molecule has 2 heterocycles. The Labute approximate surface area is 176 Å². The number of nitrogens with one attached hydrogen (secondary N) is 1. The Morgan fingerprint density at radius 3 is 2.60 bits per heavy atom. The summed E-state index contributed by atoms with van der Waals surface area (Å²) in [7, 11) is 1.29. The lowest BCUT2D eigenvalue weighted by molar-refractivity contribution is -0.118. The van der Waals surface area contributed by atoms with Gasteiger partial charge in [0.05, 0.1) is 23.7 Å². The van der Waals surface area contributed by atoms with E-state index in [0.717, 1.165) is 21.3 Å². The maximum absolute atomic E-state index is 12.4. The third-order valence-corrected chi connectivity index (χ3v) is 5.25. The quantitative estimate of drug-likeness (QED) is 0.472. The molecule has 8 heteroatoms. The first-order valence-corrected chi connectivity index (χ1v) is 9.93. The van der Waals surface area contributed by atoms with Gasteiger partial charge in [0.1, 0.15) is 11.2 Å². The van der Waals surface area contributed by atoms with E-state index in [4.69, 9.17) is 9.47 Å². The van der Waals surface area contributed by atoms with Crippen LogP contribution in [0.2, 0.25) is 0 Å². The number of methoxy groups -OCH3 is 1. The highest BCUT2D eigenvalue weighted by Crippen LogP contribution is 2.37. The number of hydrogen-bond donors (Lipinski definition) is 1. The summed E-state index contributed by atoms with van der Waals surface area (Å²) in [6.07, 6.45) is 1.41. The number of carbonyl (C=O) groups is 2. The van der Waals surface area contributed by atoms with E-state index in [1.165, 1.54) is 24.8 Å². The van der Waals surface area contributed by atoms with Gasteiger partial charge in [-0.2, -0.15) is 0 Å². The van der Waals surface area contributed by atoms with Crippen LogP contribution in [0.1, 0.15) is 10.4 Å². The van der Waals surface area contributed by atoms with Gasteiger partial charge >= 0.3 is 5.97 Å². The van der Waals surface area contributed by atoms with E-state index in [2.05, 4.69) is 15.3 Å². The molecule has 1 N–H and O–H groups in total. The molecule has 4 rings (SSSR count). The van der Waals surface area contributed by atoms with E-state index in [-0.39, 0.29) is 12.2 Å². The highest BCUT2D eigenvalue weighted by molar-refractivity contribution is 7.17. The minimum Gasteiger partial charge on any atom is -0.467 e. The average molecular weight is 419 g/mol. The number of ether oxygens (including phenoxy) is 2. The van der Waals surface area contributed by atoms with Gasteiger partial charge in [0.15, 0.2) is 6.61 Å². The maximum Gasteiger partial charge on any atom is 0.339 e. The molecular weight excluding hydrogens is 402 g/mol. The summed E-state index contributed by atoms with van der Waals surface area (Å²) >= 11 is 1.48. The van der Waals surface area contributed by atoms with Crippen LogP contribution in [0.3, 0.4) is 0 Å². The zero-order valence-electron chi connectivity index (χ0n) is 16.0. The molecule has 0 aliphatic rings. The SMILES string of the molecule is COC(=O)c1ccccc1NC(=O)COc1ncnc2scc(-c3ccccc3)c12. The molecule has 0 spiro atoms. The van der Waals surface area contributed by atoms with Gasteiger partial charge in [0, 0.05) is 10.9 Å². The Morgan fingerprint density at radius 1 is 1.03 bits per heavy atom. The third kappa shape index (κ3) is 3.99. The highest BCUT2D eigenvalue weighted by Gasteiger charge is 2.17. The van der Waals surface area contributed by atoms with Gasteiger partial charge in [0.25, 0.3) is 5.91 Å². The molecule has 2 aromatic carbocycles. The van der Waals surface area contributed by atoms with Crippen LogP contribution >= 0.6 is 11.3 Å². The van der Waals surface area contributed by atoms with Gasteiger partial charge in [0.2, 0.25) is 5.88 Å². The summed E-state index contributed by atoms with van der Waals surface area (Å²) in [6.45, 7) is -0.272. The van der Waals surface area contributed by atoms with Crippen molar-refractivity contribution in [2.45, 2.75) is 0 Å². The van der Waals surface area contributed by atoms with E-state index in [9.17, 15) is 9.59 Å². The van der Waals surface area contributed by atoms with Crippen LogP contribution in [-0.4, -0.2) is 35.6 Å². The van der Waals surface area contributed by atoms with Crippen LogP contribution in [0.4, 0.5) is 5.69 Å². The number of para-hydroxylation sites is 1. The second kappa shape index (κ2) is 8.71. The normalized spacial score (nSPS) is 10.6. The van der Waals surface area contributed by atoms with Crippen molar-refractivity contribution in [1.82, 2.24) is 9.97 Å². The topological polar surface area (TPSA) is 90.4 Å². The second-order valence-electron chi connectivity index (χ2n) is 6.25. The monoisotopic (exact) mass is 419 g/mol. The number of amides is 1. The van der Waals surface area contributed by atoms with Gasteiger partial charge in [-0.1, -0.05) is 42.5 Å². The van der Waals surface area contributed by atoms with Crippen molar-refractivity contribution < 1.29 is 19.1 Å². The number of nitrogens with zero attached hydrogens (tertiary/aromatic N) is 2. The highest BCUT2D eigenvalue weighted by atomic mass is 32.1. The van der Waals surface area contributed by atoms with Crippen molar-refractivity contribution in [3.63, 3.8) is 0 Å². The predicted molar refractivity (Wildman–Crippen MR) is 115 cm³/mol. The zero-order chi connectivity index (χ0) is 20.9. The number of rotatable bonds is 6. The summed E-state index contributed by atoms with van der Waals surface area (Å²) in [4.78, 5) is 33.6. The number of carbonyl (C=O) groups excluding carboxylic acids is 2. The number of aromatic nitrogens is 2. The standard InChI is InChI=1S/C22H17N3O4S/c1-28-22(27)15-9-5-6-10-17(15)25-18(26)11-29-20-19-16(14-7-3-2-4-8-14)12-30-21(19)24-13-23-20/h2-10,12-13H,11H2,1H3,(H,25,26). The lowest BCUT2D eigenvalue weighted by Gasteiger charge is -2.11. The summed E-state index contributed by atoms with van der Waals surface area (Å²) < 4.78 is 10.5. The smallest absolute Gasteiger partial charge is 0.339 e. The predicted octanol–water partition coefficient (Wildman–Crippen LogP) is 4.16. The van der Waals surface area contributed by atoms with Crippen LogP contribution in [0.25, 0.3) is 21.3 Å². The number of hydrogen-bond acceptors (Lipinski definition) is 7. The van der Waals surface area contributed by atoms with Crippen molar-refractivity contribution in [1.29, 1.82) is 0 Å². The molecule has 4 aromatic rings. The lowest BCUT2D eigenvalue weighted by Crippen LogP contribution is -2.22. The van der Waals surface area contributed by atoms with E-state index < -0.39 is 11.9 Å². The molecule has 150 valence electrons. The first-order chi connectivity index (χ1) is 14.7. The number of fused-ring (bicyclic) bond motifs is 1. The fourth-order valence-corrected chi connectivity index (χ4v) is 3.89. The van der Waals surface area contributed by atoms with E-state index in [1.807, 2.05) is 35.7 Å². The molecule has 0 aliphatic carbocycles. The first-order valence-electron chi connectivity index (χ1n) is 9.05. The molecule has 0 bridgehead atoms. The molecule has 7 nitrogen and oxygen atoms in total. The molecule has 0 saturated heterocycles. The van der Waals surface area contributed by atoms with Crippen molar-refractivity contribution in [3.05, 3.63) is 71.9 Å². The Kier molecular flexibility index (Phi) is 5.67. The molecule has 2 aromatic heterocycles. The molecule has 0 fully saturated rings. The second-order valence-corrected chi connectivity index (χ2v) is 7.11. The number of benzene rings is 2. The van der Waals surface area contributed by atoms with Gasteiger partial charge in [-0.05, 0) is 17.7 Å². The van der Waals surface area contributed by atoms with Crippen LogP contribution in [0.15, 0.2) is 66.3 Å². The molecule has 1 amide bonds. The van der Waals surface area contributed by atoms with E-state index in [0.29, 0.717) is 11.6 Å². The minimum absolute atomic E-state index is 0.266. The van der Waals surface area contributed by atoms with Gasteiger partial charge in [-0.25, -0.2) is 14.8 Å². The van der Waals surface area contributed by atoms with Crippen LogP contribution < -0.4 is 10.1 Å². The van der Waals surface area contributed by atoms with Crippen molar-refractivity contribution in [3.8, 4) is 17.0 Å². The lowest BCUT2D eigenvalue weighted by atomic mass is 10.1. The molecule has 0 atom stereocenters. The Hall–Kier alpha value is -3.78. The van der Waals surface area contributed by atoms with Crippen LogP contribution in [0.5, 0.6) is 5.88 Å². The maximum atomic E-state index is 12.4. The third-order valence-electron chi connectivity index (χ3n) is 4.37. The first kappa shape index (κ1) is 19.5. The van der Waals surface area contributed by atoms with Gasteiger partial charge in [-0.3, -0.25) is 4.79 Å². The minimum atomic E-state index is -0.532. The molecule has 0 radical (unpaired) electrons. The molecule has 0 saturated carbocycles. The molecule has 0 aliphatic heterocycles. The average Bonchev–Trinajstić information content (AvgIpc) is 3.23. The summed E-state index contributed by atoms with van der Waals surface area (Å²) in [6, 6.07) is 16.5. The molecule has 0 unspecified atom stereocenters. The number of thiophene rings is 1. The van der Waals surface area contributed by atoms with Gasteiger partial charge < -0.3 is 14.8 Å². The Morgan fingerprint density at radius 2 is 1.80 bits per heavy atom. The molecule has 30 heavy (non-hydrogen) atoms. The van der Waals surface area contributed by atoms with Crippen molar-refractivity contribution >= 4 is 39.1 Å². The van der Waals surface area contributed by atoms with E-state index in [1.54, 1.807) is 24.3 Å². The number of esters is 1. The van der Waals surface area contributed by atoms with Gasteiger partial charge in [-0.15, -0.1) is 11.3 Å². The Bertz CT molecular complexity index is 1210. The van der Waals surface area contributed by atoms with Crippen molar-refractivity contribution in [2.75, 3.05) is 19.0 Å². The zero-order valence-corrected chi connectivity index (χ0v) is 16.8. The fourth-order valence-electron chi connectivity index (χ4n) is 2.99. The van der Waals surface area contributed by atoms with E-state index >= 15 is 0 Å². The largest absolute Gasteiger partial charge is 0.467 e. The fraction of sp³-hybridized carbons (Fsp3) is 0.0909. The Balaban J connectivity index is 1.54. The van der Waals surface area contributed by atoms with Crippen LogP contribution in [-0.2, 0) is 9.53 Å². The summed E-state index contributed by atoms with van der Waals surface area (Å²) in [5.41, 5.74) is 2.58. The molecular formula is C22H17N3O4S.